The molecule has 1 N–H and O–H groups in total. The van der Waals surface area contributed by atoms with Crippen molar-refractivity contribution in [1.29, 1.82) is 0 Å². The Hall–Kier alpha value is -0.180. The summed E-state index contributed by atoms with van der Waals surface area (Å²) in [5.41, 5.74) is 0. The molecule has 0 fully saturated rings. The highest BCUT2D eigenvalue weighted by molar-refractivity contribution is 9.11. The summed E-state index contributed by atoms with van der Waals surface area (Å²) < 4.78 is 23.2. The second-order valence-corrected chi connectivity index (χ2v) is 5.75. The van der Waals surface area contributed by atoms with E-state index in [2.05, 4.69) is 31.9 Å². The van der Waals surface area contributed by atoms with E-state index in [1.165, 1.54) is 0 Å². The van der Waals surface area contributed by atoms with Crippen LogP contribution in [0.3, 0.4) is 0 Å². The first-order valence-corrected chi connectivity index (χ1v) is 8.24. The van der Waals surface area contributed by atoms with E-state index in [0.29, 0.717) is 46.2 Å². The minimum Gasteiger partial charge on any atom is -0.490 e. The maximum Gasteiger partial charge on any atom is 0.134 e. The molecule has 5 nitrogen and oxygen atoms in total. The number of hydrogen-bond acceptors (Lipinski definition) is 5. The van der Waals surface area contributed by atoms with Crippen molar-refractivity contribution < 1.29 is 24.1 Å². The van der Waals surface area contributed by atoms with Gasteiger partial charge in [-0.3, -0.25) is 0 Å². The molecule has 1 aromatic carbocycles. The van der Waals surface area contributed by atoms with Gasteiger partial charge in [0, 0.05) is 4.47 Å². The molecule has 1 aromatic rings. The summed E-state index contributed by atoms with van der Waals surface area (Å²) in [6, 6.07) is 5.77. The van der Waals surface area contributed by atoms with E-state index in [4.69, 9.17) is 24.1 Å². The zero-order valence-electron chi connectivity index (χ0n) is 11.7. The Morgan fingerprint density at radius 2 is 1.38 bits per heavy atom. The van der Waals surface area contributed by atoms with Crippen LogP contribution in [0.1, 0.15) is 0 Å². The molecule has 7 heteroatoms. The van der Waals surface area contributed by atoms with Crippen molar-refractivity contribution in [2.75, 3.05) is 52.9 Å². The predicted molar refractivity (Wildman–Crippen MR) is 86.9 cm³/mol. The maximum absolute atomic E-state index is 8.50. The fraction of sp³-hybridized carbons (Fsp3) is 0.571. The third kappa shape index (κ3) is 9.44. The number of halogens is 2. The van der Waals surface area contributed by atoms with E-state index in [-0.39, 0.29) is 6.61 Å². The molecule has 0 saturated heterocycles. The van der Waals surface area contributed by atoms with Crippen LogP contribution in [-0.4, -0.2) is 58.0 Å². The first-order chi connectivity index (χ1) is 10.2. The van der Waals surface area contributed by atoms with Gasteiger partial charge in [-0.25, -0.2) is 0 Å². The van der Waals surface area contributed by atoms with Crippen LogP contribution in [0.4, 0.5) is 0 Å². The van der Waals surface area contributed by atoms with Crippen LogP contribution in [0.15, 0.2) is 27.1 Å². The number of rotatable bonds is 12. The van der Waals surface area contributed by atoms with Crippen molar-refractivity contribution >= 4 is 31.9 Å². The summed E-state index contributed by atoms with van der Waals surface area (Å²) in [7, 11) is 0. The zero-order valence-corrected chi connectivity index (χ0v) is 14.9. The number of aliphatic hydroxyl groups is 1. The largest absolute Gasteiger partial charge is 0.490 e. The van der Waals surface area contributed by atoms with Crippen molar-refractivity contribution in [3.8, 4) is 5.75 Å². The molecule has 0 heterocycles. The van der Waals surface area contributed by atoms with E-state index in [9.17, 15) is 0 Å². The van der Waals surface area contributed by atoms with Gasteiger partial charge in [0.05, 0.1) is 50.7 Å². The summed E-state index contributed by atoms with van der Waals surface area (Å²) in [5, 5.41) is 8.50. The Morgan fingerprint density at radius 3 is 2.00 bits per heavy atom. The average molecular weight is 428 g/mol. The van der Waals surface area contributed by atoms with Crippen molar-refractivity contribution in [1.82, 2.24) is 0 Å². The van der Waals surface area contributed by atoms with Gasteiger partial charge in [0.25, 0.3) is 0 Å². The molecule has 0 spiro atoms. The van der Waals surface area contributed by atoms with E-state index in [1.54, 1.807) is 0 Å². The highest BCUT2D eigenvalue weighted by Gasteiger charge is 2.01. The highest BCUT2D eigenvalue weighted by atomic mass is 79.9. The maximum atomic E-state index is 8.50. The molecule has 0 aliphatic rings. The van der Waals surface area contributed by atoms with Gasteiger partial charge in [-0.2, -0.15) is 0 Å². The molecular weight excluding hydrogens is 408 g/mol. The smallest absolute Gasteiger partial charge is 0.134 e. The normalized spacial score (nSPS) is 10.8. The Morgan fingerprint density at radius 1 is 0.810 bits per heavy atom. The van der Waals surface area contributed by atoms with Gasteiger partial charge in [0.2, 0.25) is 0 Å². The van der Waals surface area contributed by atoms with Crippen molar-refractivity contribution in [2.24, 2.45) is 0 Å². The molecule has 0 aromatic heterocycles. The van der Waals surface area contributed by atoms with E-state index in [1.807, 2.05) is 18.2 Å². The molecule has 0 aliphatic carbocycles. The number of benzene rings is 1. The summed E-state index contributed by atoms with van der Waals surface area (Å²) in [6.45, 7) is 3.40. The Labute approximate surface area is 141 Å². The van der Waals surface area contributed by atoms with Gasteiger partial charge < -0.3 is 24.1 Å². The topological polar surface area (TPSA) is 57.2 Å². The standard InChI is InChI=1S/C14H20Br2O5/c15-12-1-2-13(16)14(11-12)21-10-9-20-8-7-19-6-5-18-4-3-17/h1-2,11,17H,3-10H2. The second-order valence-electron chi connectivity index (χ2n) is 3.98. The fourth-order valence-electron chi connectivity index (χ4n) is 1.40. The zero-order chi connectivity index (χ0) is 15.3. The minimum absolute atomic E-state index is 0.0389. The quantitative estimate of drug-likeness (QED) is 0.519. The van der Waals surface area contributed by atoms with Crippen molar-refractivity contribution in [2.45, 2.75) is 0 Å². The van der Waals surface area contributed by atoms with Gasteiger partial charge in [-0.1, -0.05) is 15.9 Å². The molecule has 21 heavy (non-hydrogen) atoms. The molecule has 0 unspecified atom stereocenters. The van der Waals surface area contributed by atoms with Crippen LogP contribution in [0.2, 0.25) is 0 Å². The molecule has 0 bridgehead atoms. The third-order valence-electron chi connectivity index (χ3n) is 2.36. The third-order valence-corrected chi connectivity index (χ3v) is 3.51. The lowest BCUT2D eigenvalue weighted by molar-refractivity contribution is 0.00358. The Kier molecular flexibility index (Phi) is 11.1. The monoisotopic (exact) mass is 426 g/mol. The van der Waals surface area contributed by atoms with Gasteiger partial charge in [0.15, 0.2) is 0 Å². The molecule has 0 atom stereocenters. The lowest BCUT2D eigenvalue weighted by Crippen LogP contribution is -2.13. The lowest BCUT2D eigenvalue weighted by Gasteiger charge is -2.09. The summed E-state index contributed by atoms with van der Waals surface area (Å²) in [6.07, 6.45) is 0. The number of hydrogen-bond donors (Lipinski definition) is 1. The molecule has 1 rings (SSSR count). The number of aliphatic hydroxyl groups excluding tert-OH is 1. The Bertz CT molecular complexity index is 390. The van der Waals surface area contributed by atoms with Crippen LogP contribution in [0.5, 0.6) is 5.75 Å². The molecule has 0 aliphatic heterocycles. The van der Waals surface area contributed by atoms with Crippen molar-refractivity contribution in [3.63, 3.8) is 0 Å². The molecule has 120 valence electrons. The van der Waals surface area contributed by atoms with Gasteiger partial charge in [-0.15, -0.1) is 0 Å². The van der Waals surface area contributed by atoms with Gasteiger partial charge >= 0.3 is 0 Å². The predicted octanol–water partition coefficient (Wildman–Crippen LogP) is 2.63. The fourth-order valence-corrected chi connectivity index (χ4v) is 2.11. The van der Waals surface area contributed by atoms with E-state index < -0.39 is 0 Å². The molecule has 0 amide bonds. The van der Waals surface area contributed by atoms with Crippen LogP contribution in [0, 0.1) is 0 Å². The minimum atomic E-state index is 0.0389. The van der Waals surface area contributed by atoms with Gasteiger partial charge in [-0.05, 0) is 34.1 Å². The summed E-state index contributed by atoms with van der Waals surface area (Å²) in [4.78, 5) is 0. The van der Waals surface area contributed by atoms with E-state index in [0.717, 1.165) is 14.7 Å². The Balaban J connectivity index is 1.94. The van der Waals surface area contributed by atoms with Crippen LogP contribution in [-0.2, 0) is 14.2 Å². The number of ether oxygens (including phenoxy) is 4. The average Bonchev–Trinajstić information content (AvgIpc) is 2.48. The van der Waals surface area contributed by atoms with Crippen LogP contribution < -0.4 is 4.74 Å². The second kappa shape index (κ2) is 12.4. The van der Waals surface area contributed by atoms with Gasteiger partial charge in [0.1, 0.15) is 12.4 Å². The van der Waals surface area contributed by atoms with Crippen molar-refractivity contribution in [3.05, 3.63) is 27.1 Å². The molecule has 0 saturated carbocycles. The highest BCUT2D eigenvalue weighted by Crippen LogP contribution is 2.28. The first-order valence-electron chi connectivity index (χ1n) is 6.66. The molecule has 0 radical (unpaired) electrons. The molecular formula is C14H20Br2O5. The van der Waals surface area contributed by atoms with E-state index >= 15 is 0 Å². The summed E-state index contributed by atoms with van der Waals surface area (Å²) in [5.74, 6) is 0.783. The van der Waals surface area contributed by atoms with Crippen LogP contribution >= 0.6 is 31.9 Å². The first kappa shape index (κ1) is 18.9. The van der Waals surface area contributed by atoms with Crippen LogP contribution in [0.25, 0.3) is 0 Å². The lowest BCUT2D eigenvalue weighted by atomic mass is 10.3. The summed E-state index contributed by atoms with van der Waals surface area (Å²) >= 11 is 6.82. The SMILES string of the molecule is OCCOCCOCCOCCOc1cc(Br)ccc1Br.